The Kier molecular flexibility index (Phi) is 17.7. The van der Waals surface area contributed by atoms with Crippen molar-refractivity contribution in [2.45, 2.75) is 138 Å². The number of hydrogen-bond acceptors (Lipinski definition) is 3. The molecule has 0 unspecified atom stereocenters. The Morgan fingerprint density at radius 2 is 1.22 bits per heavy atom. The molecule has 2 aromatic carbocycles. The number of carbonyl (C=O) groups excluding carboxylic acids is 1. The van der Waals surface area contributed by atoms with E-state index in [1.807, 2.05) is 60.7 Å². The van der Waals surface area contributed by atoms with Crippen molar-refractivity contribution in [1.29, 1.82) is 0 Å². The minimum Gasteiger partial charge on any atom is -0.405 e. The molecule has 0 aliphatic carbocycles. The minimum atomic E-state index is -5.06. The summed E-state index contributed by atoms with van der Waals surface area (Å²) in [5, 5.41) is 15.0. The van der Waals surface area contributed by atoms with Gasteiger partial charge in [0.15, 0.2) is 0 Å². The fourth-order valence-electron chi connectivity index (χ4n) is 6.06. The maximum atomic E-state index is 13.4. The summed E-state index contributed by atoms with van der Waals surface area (Å²) in [4.78, 5) is 12.1. The Bertz CT molecular complexity index is 1040. The number of aliphatic hydroxyl groups excluding tert-OH is 1. The van der Waals surface area contributed by atoms with Gasteiger partial charge in [0.2, 0.25) is 0 Å². The van der Waals surface area contributed by atoms with Crippen LogP contribution in [-0.2, 0) is 9.22 Å². The van der Waals surface area contributed by atoms with Crippen LogP contribution in [0.5, 0.6) is 0 Å². The Labute approximate surface area is 284 Å². The summed E-state index contributed by atoms with van der Waals surface area (Å²) in [7, 11) is -3.09. The molecule has 254 valence electrons. The van der Waals surface area contributed by atoms with E-state index in [0.717, 1.165) is 29.6 Å². The van der Waals surface area contributed by atoms with Gasteiger partial charge in [0.25, 0.3) is 8.32 Å². The van der Waals surface area contributed by atoms with Crippen LogP contribution in [0.15, 0.2) is 60.7 Å². The van der Waals surface area contributed by atoms with Crippen molar-refractivity contribution >= 4 is 47.2 Å². The molecule has 0 aliphatic heterocycles. The largest absolute Gasteiger partial charge is 0.471 e. The van der Waals surface area contributed by atoms with E-state index in [9.17, 15) is 23.1 Å². The van der Waals surface area contributed by atoms with E-state index in [4.69, 9.17) is 4.43 Å². The molecule has 0 aromatic heterocycles. The van der Waals surface area contributed by atoms with Gasteiger partial charge in [0, 0.05) is 3.92 Å². The molecule has 2 rings (SSSR count). The zero-order valence-corrected chi connectivity index (χ0v) is 30.8. The first-order valence-electron chi connectivity index (χ1n) is 16.8. The van der Waals surface area contributed by atoms with Crippen molar-refractivity contribution in [1.82, 2.24) is 5.32 Å². The lowest BCUT2D eigenvalue weighted by molar-refractivity contribution is -0.175. The second-order valence-corrected chi connectivity index (χ2v) is 19.1. The van der Waals surface area contributed by atoms with Crippen LogP contribution in [0.1, 0.15) is 111 Å². The van der Waals surface area contributed by atoms with Crippen LogP contribution in [0.25, 0.3) is 0 Å². The maximum Gasteiger partial charge on any atom is 0.471 e. The molecule has 45 heavy (non-hydrogen) atoms. The van der Waals surface area contributed by atoms with Crippen molar-refractivity contribution in [2.24, 2.45) is 0 Å². The number of nitrogens with one attached hydrogen (secondary N) is 1. The van der Waals surface area contributed by atoms with E-state index in [0.29, 0.717) is 6.42 Å². The number of carbonyl (C=O) groups is 1. The van der Waals surface area contributed by atoms with Gasteiger partial charge in [0.05, 0.1) is 18.8 Å². The average Bonchev–Trinajstić information content (AvgIpc) is 3.00. The minimum absolute atomic E-state index is 0.242. The summed E-state index contributed by atoms with van der Waals surface area (Å²) < 4.78 is 46.7. The second-order valence-electron chi connectivity index (χ2n) is 13.2. The van der Waals surface area contributed by atoms with E-state index in [2.05, 4.69) is 55.6 Å². The molecule has 0 fully saturated rings. The lowest BCUT2D eigenvalue weighted by Gasteiger charge is -2.44. The third-order valence-electron chi connectivity index (χ3n) is 8.59. The maximum absolute atomic E-state index is 13.4. The number of benzene rings is 2. The fraction of sp³-hybridized carbons (Fsp3) is 0.639. The molecule has 4 nitrogen and oxygen atoms in total. The van der Waals surface area contributed by atoms with Crippen LogP contribution < -0.4 is 15.7 Å². The smallest absolute Gasteiger partial charge is 0.405 e. The molecule has 0 radical (unpaired) electrons. The van der Waals surface area contributed by atoms with Gasteiger partial charge in [-0.25, -0.2) is 0 Å². The lowest BCUT2D eigenvalue weighted by atomic mass is 10.0. The van der Waals surface area contributed by atoms with Gasteiger partial charge in [-0.3, -0.25) is 4.79 Å². The normalized spacial score (nSPS) is 14.6. The first-order chi connectivity index (χ1) is 21.3. The number of aliphatic hydroxyl groups is 1. The lowest BCUT2D eigenvalue weighted by Crippen LogP contribution is -2.68. The third-order valence-corrected chi connectivity index (χ3v) is 15.0. The first-order valence-corrected chi connectivity index (χ1v) is 19.9. The van der Waals surface area contributed by atoms with E-state index in [-0.39, 0.29) is 10.5 Å². The number of unbranched alkanes of at least 4 members (excludes halogenated alkanes) is 11. The van der Waals surface area contributed by atoms with E-state index < -0.39 is 37.6 Å². The van der Waals surface area contributed by atoms with Crippen molar-refractivity contribution < 1.29 is 27.5 Å². The monoisotopic (exact) mass is 761 g/mol. The molecule has 0 spiro atoms. The fourth-order valence-corrected chi connectivity index (χ4v) is 11.6. The summed E-state index contributed by atoms with van der Waals surface area (Å²) in [6, 6.07) is 18.3. The van der Waals surface area contributed by atoms with Crippen LogP contribution in [-0.4, -0.2) is 48.2 Å². The average molecular weight is 762 g/mol. The van der Waals surface area contributed by atoms with Crippen molar-refractivity contribution in [3.05, 3.63) is 60.7 Å². The number of alkyl halides is 4. The summed E-state index contributed by atoms with van der Waals surface area (Å²) in [5.74, 6) is -2.06. The van der Waals surface area contributed by atoms with Crippen molar-refractivity contribution in [3.8, 4) is 0 Å². The summed E-state index contributed by atoms with van der Waals surface area (Å²) in [6.07, 6.45) is 8.95. The van der Waals surface area contributed by atoms with Crippen LogP contribution in [0.4, 0.5) is 13.2 Å². The molecule has 0 saturated carbocycles. The Morgan fingerprint density at radius 3 is 1.62 bits per heavy atom. The quantitative estimate of drug-likeness (QED) is 0.0579. The van der Waals surface area contributed by atoms with Crippen LogP contribution in [0.2, 0.25) is 5.04 Å². The predicted molar refractivity (Wildman–Crippen MR) is 191 cm³/mol. The molecule has 3 atom stereocenters. The molecule has 0 aliphatic rings. The topological polar surface area (TPSA) is 58.6 Å². The van der Waals surface area contributed by atoms with Crippen LogP contribution in [0.3, 0.4) is 0 Å². The van der Waals surface area contributed by atoms with Gasteiger partial charge in [-0.2, -0.15) is 13.2 Å². The van der Waals surface area contributed by atoms with Gasteiger partial charge in [-0.15, -0.1) is 0 Å². The highest BCUT2D eigenvalue weighted by atomic mass is 127. The molecule has 2 aromatic rings. The Balaban J connectivity index is 2.09. The molecule has 0 bridgehead atoms. The second kappa shape index (κ2) is 20.0. The summed E-state index contributed by atoms with van der Waals surface area (Å²) in [6.45, 7) is 8.22. The SMILES string of the molecule is CCCCCCCCCCCCCC[C@H](I)[C@@H](O)[C@H](CO[Si](c1ccccc1)(c1ccccc1)C(C)(C)C)NC(=O)C(F)(F)F. The molecular formula is C36H55F3INO3Si. The molecule has 2 N–H and O–H groups in total. The van der Waals surface area contributed by atoms with Gasteiger partial charge >= 0.3 is 12.1 Å². The summed E-state index contributed by atoms with van der Waals surface area (Å²) in [5.41, 5.74) is 0. The van der Waals surface area contributed by atoms with Crippen molar-refractivity contribution in [2.75, 3.05) is 6.61 Å². The standard InChI is InChI=1S/C36H55F3INO3Si/c1-5-6-7-8-9-10-11-12-13-14-15-22-27-31(40)33(42)32(41-34(43)36(37,38)39)28-44-45(35(2,3)4,29-23-18-16-19-24-29)30-25-20-17-21-26-30/h16-21,23-26,31-33,42H,5-15,22,27-28H2,1-4H3,(H,41,43)/t31-,32-,33+/m0/s1. The van der Waals surface area contributed by atoms with Gasteiger partial charge in [0.1, 0.15) is 0 Å². The predicted octanol–water partition coefficient (Wildman–Crippen LogP) is 8.87. The van der Waals surface area contributed by atoms with E-state index >= 15 is 0 Å². The molecule has 0 saturated heterocycles. The number of amides is 1. The van der Waals surface area contributed by atoms with E-state index in [1.54, 1.807) is 0 Å². The van der Waals surface area contributed by atoms with E-state index in [1.165, 1.54) is 57.8 Å². The van der Waals surface area contributed by atoms with Gasteiger partial charge < -0.3 is 14.8 Å². The third kappa shape index (κ3) is 12.9. The van der Waals surface area contributed by atoms with Crippen molar-refractivity contribution in [3.63, 3.8) is 0 Å². The number of halogens is 4. The van der Waals surface area contributed by atoms with Gasteiger partial charge in [-0.1, -0.05) is 188 Å². The highest BCUT2D eigenvalue weighted by molar-refractivity contribution is 14.1. The number of rotatable bonds is 21. The highest BCUT2D eigenvalue weighted by Gasteiger charge is 2.51. The zero-order chi connectivity index (χ0) is 33.3. The van der Waals surface area contributed by atoms with Crippen LogP contribution in [0, 0.1) is 0 Å². The summed E-state index contributed by atoms with van der Waals surface area (Å²) >= 11 is 2.12. The molecular weight excluding hydrogens is 706 g/mol. The zero-order valence-electron chi connectivity index (χ0n) is 27.7. The Morgan fingerprint density at radius 1 is 0.800 bits per heavy atom. The van der Waals surface area contributed by atoms with Gasteiger partial charge in [-0.05, 0) is 21.8 Å². The molecule has 1 amide bonds. The first kappa shape index (κ1) is 39.7. The molecule has 0 heterocycles. The Hall–Kier alpha value is -1.43. The highest BCUT2D eigenvalue weighted by Crippen LogP contribution is 2.37. The number of hydrogen-bond donors (Lipinski definition) is 2. The van der Waals surface area contributed by atoms with Crippen LogP contribution >= 0.6 is 22.6 Å². The molecule has 9 heteroatoms.